The first-order chi connectivity index (χ1) is 16.9. The van der Waals surface area contributed by atoms with E-state index in [1.54, 1.807) is 24.3 Å². The SMILES string of the molecule is CCC1C2c3ccccc3C(c3ccccc32)C1C(=O)Oc1ccc(S(=O)(=O)[O-])c2ccccc12. The van der Waals surface area contributed by atoms with Gasteiger partial charge in [-0.1, -0.05) is 86.1 Å². The number of rotatable bonds is 4. The zero-order valence-corrected chi connectivity index (χ0v) is 19.9. The molecule has 0 amide bonds. The van der Waals surface area contributed by atoms with E-state index in [1.165, 1.54) is 34.4 Å². The first-order valence-corrected chi connectivity index (χ1v) is 13.2. The zero-order valence-electron chi connectivity index (χ0n) is 19.0. The summed E-state index contributed by atoms with van der Waals surface area (Å²) in [7, 11) is -4.67. The second-order valence-corrected chi connectivity index (χ2v) is 10.6. The number of hydrogen-bond donors (Lipinski definition) is 0. The van der Waals surface area contributed by atoms with Crippen LogP contribution in [-0.4, -0.2) is 18.9 Å². The number of carbonyl (C=O) groups excluding carboxylic acids is 1. The summed E-state index contributed by atoms with van der Waals surface area (Å²) in [6.45, 7) is 2.11. The number of esters is 1. The minimum absolute atomic E-state index is 0.0739. The van der Waals surface area contributed by atoms with Crippen LogP contribution in [0, 0.1) is 11.8 Å². The van der Waals surface area contributed by atoms with Gasteiger partial charge in [-0.2, -0.15) is 0 Å². The first-order valence-electron chi connectivity index (χ1n) is 11.8. The summed E-state index contributed by atoms with van der Waals surface area (Å²) < 4.78 is 41.3. The van der Waals surface area contributed by atoms with Crippen molar-refractivity contribution in [2.75, 3.05) is 0 Å². The molecule has 5 nitrogen and oxygen atoms in total. The Balaban J connectivity index is 1.46. The van der Waals surface area contributed by atoms with Crippen LogP contribution in [0.25, 0.3) is 10.8 Å². The van der Waals surface area contributed by atoms with Crippen LogP contribution in [0.2, 0.25) is 0 Å². The Morgan fingerprint density at radius 2 is 1.29 bits per heavy atom. The summed E-state index contributed by atoms with van der Waals surface area (Å²) in [6.07, 6.45) is 0.817. The van der Waals surface area contributed by atoms with Crippen LogP contribution in [0.5, 0.6) is 5.75 Å². The molecule has 2 unspecified atom stereocenters. The highest BCUT2D eigenvalue weighted by Crippen LogP contribution is 2.59. The maximum atomic E-state index is 13.9. The molecule has 2 bridgehead atoms. The van der Waals surface area contributed by atoms with Gasteiger partial charge in [0.05, 0.1) is 10.8 Å². The number of hydrogen-bond acceptors (Lipinski definition) is 5. The molecule has 0 aromatic heterocycles. The van der Waals surface area contributed by atoms with Gasteiger partial charge in [0.1, 0.15) is 15.9 Å². The van der Waals surface area contributed by atoms with Crippen LogP contribution in [-0.2, 0) is 14.9 Å². The van der Waals surface area contributed by atoms with Crippen molar-refractivity contribution in [2.45, 2.75) is 30.1 Å². The van der Waals surface area contributed by atoms with E-state index in [-0.39, 0.29) is 45.7 Å². The van der Waals surface area contributed by atoms with Gasteiger partial charge in [0.15, 0.2) is 0 Å². The first kappa shape index (κ1) is 22.0. The molecule has 3 aliphatic carbocycles. The molecule has 0 radical (unpaired) electrons. The molecule has 0 N–H and O–H groups in total. The van der Waals surface area contributed by atoms with Gasteiger partial charge in [-0.3, -0.25) is 4.79 Å². The summed E-state index contributed by atoms with van der Waals surface area (Å²) >= 11 is 0. The van der Waals surface area contributed by atoms with Crippen molar-refractivity contribution in [1.29, 1.82) is 0 Å². The molecule has 0 saturated carbocycles. The molecule has 0 spiro atoms. The van der Waals surface area contributed by atoms with E-state index in [2.05, 4.69) is 43.3 Å². The van der Waals surface area contributed by atoms with Crippen LogP contribution in [0.3, 0.4) is 0 Å². The van der Waals surface area contributed by atoms with Crippen molar-refractivity contribution in [3.63, 3.8) is 0 Å². The highest BCUT2D eigenvalue weighted by molar-refractivity contribution is 7.86. The Hall–Kier alpha value is -3.48. The standard InChI is InChI=1S/C29H24O5S/c1-2-17-26-20-11-5-7-13-22(20)27(23-14-8-6-12-21(23)26)28(17)29(30)34-24-15-16-25(35(31,32)33)19-10-4-3-9-18(19)24/h3-17,26-28H,2H2,1H3,(H,31,32,33)/p-1. The molecule has 2 atom stereocenters. The number of carbonyl (C=O) groups is 1. The molecule has 0 heterocycles. The molecule has 7 rings (SSSR count). The van der Waals surface area contributed by atoms with Gasteiger partial charge in [0, 0.05) is 22.6 Å². The number of ether oxygens (including phenoxy) is 1. The largest absolute Gasteiger partial charge is 0.744 e. The Bertz CT molecular complexity index is 1540. The van der Waals surface area contributed by atoms with Gasteiger partial charge in [-0.15, -0.1) is 0 Å². The molecule has 6 heteroatoms. The van der Waals surface area contributed by atoms with Gasteiger partial charge in [-0.25, -0.2) is 8.42 Å². The maximum absolute atomic E-state index is 13.9. The van der Waals surface area contributed by atoms with E-state index < -0.39 is 10.1 Å². The third-order valence-corrected chi connectivity index (χ3v) is 8.54. The molecule has 3 aliphatic rings. The number of benzene rings is 4. The van der Waals surface area contributed by atoms with Crippen LogP contribution in [0.4, 0.5) is 0 Å². The normalized spacial score (nSPS) is 22.5. The predicted molar refractivity (Wildman–Crippen MR) is 131 cm³/mol. The lowest BCUT2D eigenvalue weighted by Gasteiger charge is -2.49. The molecule has 176 valence electrons. The summed E-state index contributed by atoms with van der Waals surface area (Å²) in [4.78, 5) is 13.5. The predicted octanol–water partition coefficient (Wildman–Crippen LogP) is 5.58. The van der Waals surface area contributed by atoms with E-state index in [0.29, 0.717) is 5.39 Å². The average Bonchev–Trinajstić information content (AvgIpc) is 2.87. The minimum Gasteiger partial charge on any atom is -0.744 e. The Morgan fingerprint density at radius 3 is 1.83 bits per heavy atom. The van der Waals surface area contributed by atoms with E-state index >= 15 is 0 Å². The average molecular weight is 484 g/mol. The van der Waals surface area contributed by atoms with Gasteiger partial charge in [0.2, 0.25) is 0 Å². The fourth-order valence-corrected chi connectivity index (χ4v) is 7.00. The molecular weight excluding hydrogens is 460 g/mol. The van der Waals surface area contributed by atoms with Crippen LogP contribution in [0.15, 0.2) is 89.8 Å². The van der Waals surface area contributed by atoms with Crippen molar-refractivity contribution < 1.29 is 22.5 Å². The van der Waals surface area contributed by atoms with Crippen molar-refractivity contribution in [1.82, 2.24) is 0 Å². The molecule has 4 aromatic carbocycles. The van der Waals surface area contributed by atoms with Crippen LogP contribution >= 0.6 is 0 Å². The summed E-state index contributed by atoms with van der Waals surface area (Å²) in [6, 6.07) is 25.9. The quantitative estimate of drug-likeness (QED) is 0.215. The van der Waals surface area contributed by atoms with E-state index in [4.69, 9.17) is 4.74 Å². The van der Waals surface area contributed by atoms with Crippen LogP contribution in [0.1, 0.15) is 47.4 Å². The van der Waals surface area contributed by atoms with Gasteiger partial charge in [-0.05, 0) is 40.3 Å². The van der Waals surface area contributed by atoms with E-state index in [9.17, 15) is 17.8 Å². The molecule has 35 heavy (non-hydrogen) atoms. The van der Waals surface area contributed by atoms with Crippen molar-refractivity contribution in [3.8, 4) is 5.75 Å². The summed E-state index contributed by atoms with van der Waals surface area (Å²) in [5, 5.41) is 0.674. The fourth-order valence-electron chi connectivity index (χ4n) is 6.32. The van der Waals surface area contributed by atoms with Gasteiger partial charge < -0.3 is 9.29 Å². The second-order valence-electron chi connectivity index (χ2n) is 9.29. The minimum atomic E-state index is -4.67. The Labute approximate surface area is 204 Å². The van der Waals surface area contributed by atoms with Crippen molar-refractivity contribution >= 4 is 26.9 Å². The highest BCUT2D eigenvalue weighted by atomic mass is 32.2. The summed E-state index contributed by atoms with van der Waals surface area (Å²) in [5.41, 5.74) is 4.89. The smallest absolute Gasteiger partial charge is 0.315 e. The molecule has 4 aromatic rings. The lowest BCUT2D eigenvalue weighted by Crippen LogP contribution is -2.44. The molecule has 0 aliphatic heterocycles. The van der Waals surface area contributed by atoms with Crippen molar-refractivity contribution in [2.24, 2.45) is 11.8 Å². The highest BCUT2D eigenvalue weighted by Gasteiger charge is 2.52. The second kappa shape index (κ2) is 8.04. The molecular formula is C29H23O5S-. The topological polar surface area (TPSA) is 83.5 Å². The summed E-state index contributed by atoms with van der Waals surface area (Å²) in [5.74, 6) is -0.381. The third kappa shape index (κ3) is 3.32. The van der Waals surface area contributed by atoms with E-state index in [0.717, 1.165) is 6.42 Å². The van der Waals surface area contributed by atoms with Crippen molar-refractivity contribution in [3.05, 3.63) is 107 Å². The monoisotopic (exact) mass is 483 g/mol. The van der Waals surface area contributed by atoms with Gasteiger partial charge >= 0.3 is 5.97 Å². The van der Waals surface area contributed by atoms with Gasteiger partial charge in [0.25, 0.3) is 0 Å². The van der Waals surface area contributed by atoms with E-state index in [1.807, 2.05) is 12.1 Å². The molecule has 0 fully saturated rings. The Morgan fingerprint density at radius 1 is 0.771 bits per heavy atom. The molecule has 0 saturated heterocycles. The Kier molecular flexibility index (Phi) is 5.06. The number of fused-ring (bicyclic) bond motifs is 2. The van der Waals surface area contributed by atoms with Crippen LogP contribution < -0.4 is 4.74 Å². The zero-order chi connectivity index (χ0) is 24.3. The lowest BCUT2D eigenvalue weighted by molar-refractivity contribution is -0.142. The lowest BCUT2D eigenvalue weighted by atomic mass is 9.53. The maximum Gasteiger partial charge on any atom is 0.315 e. The third-order valence-electron chi connectivity index (χ3n) is 7.65. The fraction of sp³-hybridized carbons (Fsp3) is 0.207.